The van der Waals surface area contributed by atoms with Gasteiger partial charge in [0.05, 0.1) is 10.6 Å². The highest BCUT2D eigenvalue weighted by molar-refractivity contribution is 7.99. The van der Waals surface area contributed by atoms with Gasteiger partial charge in [-0.2, -0.15) is 9.78 Å². The summed E-state index contributed by atoms with van der Waals surface area (Å²) in [5.41, 5.74) is 3.76. The van der Waals surface area contributed by atoms with Gasteiger partial charge in [-0.3, -0.25) is 0 Å². The molecule has 0 radical (unpaired) electrons. The Balaban J connectivity index is 1.58. The smallest absolute Gasteiger partial charge is 0.197 e. The first kappa shape index (κ1) is 21.1. The molecule has 0 atom stereocenters. The Labute approximate surface area is 196 Å². The third kappa shape index (κ3) is 5.01. The lowest BCUT2D eigenvalue weighted by atomic mass is 10.2. The number of aryl methyl sites for hydroxylation is 1. The molecule has 2 aromatic heterocycles. The standard InChI is InChI=1S/C23H24N9S/c1-18-17-33-23-24-19(2)26-30(23)16-22-15-29(13-20-9-5-3-6-10-20)32(27-22)31(28-25-18)14-21-11-7-4-8-12-21/h3-12,15H,1,13-14,16-17H2,2H3/q+1. The zero-order valence-electron chi connectivity index (χ0n) is 18.3. The summed E-state index contributed by atoms with van der Waals surface area (Å²) in [6.07, 6.45) is 2.03. The molecule has 166 valence electrons. The predicted molar refractivity (Wildman–Crippen MR) is 125 cm³/mol. The van der Waals surface area contributed by atoms with Gasteiger partial charge in [0.2, 0.25) is 0 Å². The molecule has 0 spiro atoms. The molecule has 33 heavy (non-hydrogen) atoms. The fraction of sp³-hybridized carbons (Fsp3) is 0.217. The molecule has 0 unspecified atom stereocenters. The van der Waals surface area contributed by atoms with Gasteiger partial charge in [0, 0.05) is 16.1 Å². The number of fused-ring (bicyclic) bond motifs is 3. The minimum absolute atomic E-state index is 0.508. The van der Waals surface area contributed by atoms with Gasteiger partial charge in [0.15, 0.2) is 10.9 Å². The van der Waals surface area contributed by atoms with E-state index < -0.39 is 0 Å². The van der Waals surface area contributed by atoms with Crippen molar-refractivity contribution in [1.29, 1.82) is 0 Å². The summed E-state index contributed by atoms with van der Waals surface area (Å²) in [6.45, 7) is 7.61. The largest absolute Gasteiger partial charge is 0.233 e. The summed E-state index contributed by atoms with van der Waals surface area (Å²) in [6, 6.07) is 20.4. The van der Waals surface area contributed by atoms with Crippen molar-refractivity contribution in [2.75, 3.05) is 10.9 Å². The van der Waals surface area contributed by atoms with Crippen molar-refractivity contribution in [3.63, 3.8) is 0 Å². The Morgan fingerprint density at radius 3 is 2.48 bits per heavy atom. The van der Waals surface area contributed by atoms with Crippen LogP contribution in [0.15, 0.2) is 94.6 Å². The van der Waals surface area contributed by atoms with E-state index in [1.807, 2.05) is 58.9 Å². The van der Waals surface area contributed by atoms with E-state index >= 15 is 0 Å². The fourth-order valence-electron chi connectivity index (χ4n) is 3.53. The van der Waals surface area contributed by atoms with Gasteiger partial charge in [0.1, 0.15) is 31.7 Å². The molecule has 0 aliphatic carbocycles. The van der Waals surface area contributed by atoms with Crippen LogP contribution < -0.4 is 9.80 Å². The Morgan fingerprint density at radius 2 is 1.73 bits per heavy atom. The lowest BCUT2D eigenvalue weighted by molar-refractivity contribution is -0.772. The molecule has 10 heteroatoms. The van der Waals surface area contributed by atoms with Gasteiger partial charge in [-0.15, -0.1) is 5.11 Å². The van der Waals surface area contributed by atoms with Gasteiger partial charge < -0.3 is 0 Å². The first-order chi connectivity index (χ1) is 16.1. The molecule has 1 aliphatic rings. The van der Waals surface area contributed by atoms with Gasteiger partial charge in [-0.05, 0) is 23.2 Å². The van der Waals surface area contributed by atoms with Crippen molar-refractivity contribution in [3.05, 3.63) is 102 Å². The van der Waals surface area contributed by atoms with Crippen molar-refractivity contribution >= 4 is 11.8 Å². The maximum absolute atomic E-state index is 4.87. The van der Waals surface area contributed by atoms with Crippen molar-refractivity contribution in [1.82, 2.24) is 24.8 Å². The minimum Gasteiger partial charge on any atom is -0.233 e. The van der Waals surface area contributed by atoms with Gasteiger partial charge in [-0.1, -0.05) is 79.0 Å². The highest BCUT2D eigenvalue weighted by atomic mass is 32.2. The highest BCUT2D eigenvalue weighted by Crippen LogP contribution is 2.20. The molecule has 0 saturated heterocycles. The van der Waals surface area contributed by atoms with Crippen molar-refractivity contribution in [2.24, 2.45) is 10.3 Å². The molecule has 9 nitrogen and oxygen atoms in total. The van der Waals surface area contributed by atoms with Crippen molar-refractivity contribution < 1.29 is 4.68 Å². The number of aromatic nitrogens is 6. The number of nitrogens with zero attached hydrogens (tertiary/aromatic N) is 9. The van der Waals surface area contributed by atoms with Crippen LogP contribution in [0.4, 0.5) is 0 Å². The average Bonchev–Trinajstić information content (AvgIpc) is 3.38. The molecule has 2 aromatic carbocycles. The van der Waals surface area contributed by atoms with Crippen molar-refractivity contribution in [2.45, 2.75) is 31.7 Å². The Morgan fingerprint density at radius 1 is 1.00 bits per heavy atom. The number of thioether (sulfide) groups is 1. The lowest BCUT2D eigenvalue weighted by Gasteiger charge is -2.13. The van der Waals surface area contributed by atoms with Gasteiger partial charge in [-0.25, -0.2) is 9.67 Å². The molecular weight excluding hydrogens is 434 g/mol. The third-order valence-corrected chi connectivity index (χ3v) is 6.06. The van der Waals surface area contributed by atoms with Crippen LogP contribution in [0.25, 0.3) is 0 Å². The monoisotopic (exact) mass is 458 g/mol. The molecule has 0 N–H and O–H groups in total. The molecule has 3 heterocycles. The van der Waals surface area contributed by atoms with E-state index in [9.17, 15) is 0 Å². The normalized spacial score (nSPS) is 14.0. The summed E-state index contributed by atoms with van der Waals surface area (Å²) in [4.78, 5) is 6.32. The first-order valence-corrected chi connectivity index (χ1v) is 11.6. The quantitative estimate of drug-likeness (QED) is 0.439. The topological polar surface area (TPSA) is 80.4 Å². The van der Waals surface area contributed by atoms with E-state index in [2.05, 4.69) is 51.3 Å². The SMILES string of the molecule is C=C1CSc2nc(C)nn2Cc2c[n+](Cc3ccccc3)n(n2)N(Cc2ccccc2)N=N1. The summed E-state index contributed by atoms with van der Waals surface area (Å²) in [7, 11) is 0. The highest BCUT2D eigenvalue weighted by Gasteiger charge is 2.24. The zero-order chi connectivity index (χ0) is 22.6. The molecular formula is C23H24N9S+. The Kier molecular flexibility index (Phi) is 5.99. The second kappa shape index (κ2) is 9.37. The van der Waals surface area contributed by atoms with Crippen LogP contribution in [0.1, 0.15) is 22.6 Å². The van der Waals surface area contributed by atoms with Crippen LogP contribution in [0.5, 0.6) is 0 Å². The second-order valence-electron chi connectivity index (χ2n) is 7.73. The number of hydrogen-bond donors (Lipinski definition) is 0. The number of rotatable bonds is 4. The van der Waals surface area contributed by atoms with Crippen LogP contribution >= 0.6 is 11.8 Å². The van der Waals surface area contributed by atoms with E-state index in [0.717, 1.165) is 27.8 Å². The molecule has 5 rings (SSSR count). The van der Waals surface area contributed by atoms with E-state index in [1.54, 1.807) is 21.8 Å². The van der Waals surface area contributed by atoms with Crippen LogP contribution in [-0.2, 0) is 19.6 Å². The summed E-state index contributed by atoms with van der Waals surface area (Å²) in [5.74, 6) is 1.30. The molecule has 0 fully saturated rings. The first-order valence-electron chi connectivity index (χ1n) is 10.6. The number of benzene rings is 2. The second-order valence-corrected chi connectivity index (χ2v) is 8.67. The Bertz CT molecular complexity index is 1280. The third-order valence-electron chi connectivity index (χ3n) is 5.02. The maximum atomic E-state index is 4.87. The van der Waals surface area contributed by atoms with Crippen molar-refractivity contribution in [3.8, 4) is 0 Å². The summed E-state index contributed by atoms with van der Waals surface area (Å²) < 4.78 is 3.91. The van der Waals surface area contributed by atoms with E-state index in [1.165, 1.54) is 0 Å². The zero-order valence-corrected chi connectivity index (χ0v) is 19.1. The average molecular weight is 459 g/mol. The molecule has 1 aliphatic heterocycles. The van der Waals surface area contributed by atoms with Crippen LogP contribution in [0.2, 0.25) is 0 Å². The van der Waals surface area contributed by atoms with E-state index in [-0.39, 0.29) is 0 Å². The van der Waals surface area contributed by atoms with Gasteiger partial charge in [0.25, 0.3) is 0 Å². The summed E-state index contributed by atoms with van der Waals surface area (Å²) in [5, 5.41) is 20.9. The number of hydrogen-bond acceptors (Lipinski definition) is 7. The van der Waals surface area contributed by atoms with Gasteiger partial charge >= 0.3 is 0 Å². The molecule has 0 amide bonds. The predicted octanol–water partition coefficient (Wildman–Crippen LogP) is 3.29. The van der Waals surface area contributed by atoms with E-state index in [0.29, 0.717) is 31.1 Å². The maximum Gasteiger partial charge on any atom is 0.197 e. The fourth-order valence-corrected chi connectivity index (χ4v) is 4.33. The molecule has 0 saturated carbocycles. The van der Waals surface area contributed by atoms with Crippen LogP contribution in [-0.4, -0.2) is 30.5 Å². The van der Waals surface area contributed by atoms with Crippen LogP contribution in [0, 0.1) is 6.92 Å². The Hall–Kier alpha value is -3.79. The minimum atomic E-state index is 0.508. The molecule has 4 aromatic rings. The molecule has 2 bridgehead atoms. The summed E-state index contributed by atoms with van der Waals surface area (Å²) >= 11 is 1.55. The van der Waals surface area contributed by atoms with E-state index in [4.69, 9.17) is 5.10 Å². The van der Waals surface area contributed by atoms with Crippen LogP contribution in [0.3, 0.4) is 0 Å². The lowest BCUT2D eigenvalue weighted by Crippen LogP contribution is -2.52.